The van der Waals surface area contributed by atoms with Crippen molar-refractivity contribution >= 4 is 16.0 Å². The molecule has 0 radical (unpaired) electrons. The van der Waals surface area contributed by atoms with Gasteiger partial charge in [0.15, 0.2) is 0 Å². The minimum Gasteiger partial charge on any atom is -0.478 e. The van der Waals surface area contributed by atoms with Gasteiger partial charge in [0.25, 0.3) is 0 Å². The predicted molar refractivity (Wildman–Crippen MR) is 72.9 cm³/mol. The Morgan fingerprint density at radius 1 is 1.32 bits per heavy atom. The zero-order valence-electron chi connectivity index (χ0n) is 11.5. The molecule has 0 atom stereocenters. The average Bonchev–Trinajstić information content (AvgIpc) is 2.24. The third-order valence-electron chi connectivity index (χ3n) is 2.43. The van der Waals surface area contributed by atoms with Crippen molar-refractivity contribution < 1.29 is 18.3 Å². The molecule has 6 heteroatoms. The van der Waals surface area contributed by atoms with Crippen LogP contribution in [0.4, 0.5) is 0 Å². The lowest BCUT2D eigenvalue weighted by atomic mass is 10.1. The van der Waals surface area contributed by atoms with Crippen molar-refractivity contribution in [3.8, 4) is 0 Å². The monoisotopic (exact) mass is 285 g/mol. The molecule has 5 nitrogen and oxygen atoms in total. The molecule has 0 fully saturated rings. The number of aryl methyl sites for hydroxylation is 1. The molecule has 1 aromatic rings. The van der Waals surface area contributed by atoms with Crippen molar-refractivity contribution in [1.29, 1.82) is 0 Å². The number of carbonyl (C=O) groups is 1. The van der Waals surface area contributed by atoms with Crippen LogP contribution in [-0.2, 0) is 16.4 Å². The lowest BCUT2D eigenvalue weighted by Crippen LogP contribution is -2.40. The Morgan fingerprint density at radius 3 is 2.32 bits per heavy atom. The fourth-order valence-electron chi connectivity index (χ4n) is 1.69. The number of carboxylic acid groups (broad SMARTS) is 1. The van der Waals surface area contributed by atoms with Gasteiger partial charge in [-0.1, -0.05) is 13.0 Å². The van der Waals surface area contributed by atoms with Crippen molar-refractivity contribution in [3.63, 3.8) is 0 Å². The van der Waals surface area contributed by atoms with Crippen LogP contribution in [0.2, 0.25) is 0 Å². The molecule has 0 saturated carbocycles. The highest BCUT2D eigenvalue weighted by atomic mass is 32.2. The third-order valence-corrected chi connectivity index (χ3v) is 4.27. The summed E-state index contributed by atoms with van der Waals surface area (Å²) in [6.07, 6.45) is 0.514. The average molecular weight is 285 g/mol. The van der Waals surface area contributed by atoms with Gasteiger partial charge < -0.3 is 5.11 Å². The van der Waals surface area contributed by atoms with E-state index in [2.05, 4.69) is 4.72 Å². The molecule has 0 heterocycles. The molecular weight excluding hydrogens is 266 g/mol. The highest BCUT2D eigenvalue weighted by Gasteiger charge is 2.25. The maximum Gasteiger partial charge on any atom is 0.335 e. The molecule has 19 heavy (non-hydrogen) atoms. The van der Waals surface area contributed by atoms with Gasteiger partial charge >= 0.3 is 5.97 Å². The maximum atomic E-state index is 12.3. The maximum absolute atomic E-state index is 12.3. The Hall–Kier alpha value is -1.40. The van der Waals surface area contributed by atoms with Crippen molar-refractivity contribution in [2.45, 2.75) is 44.6 Å². The highest BCUT2D eigenvalue weighted by Crippen LogP contribution is 2.20. The topological polar surface area (TPSA) is 83.5 Å². The van der Waals surface area contributed by atoms with Crippen molar-refractivity contribution in [2.24, 2.45) is 0 Å². The van der Waals surface area contributed by atoms with Gasteiger partial charge in [-0.25, -0.2) is 17.9 Å². The molecule has 0 unspecified atom stereocenters. The number of hydrogen-bond acceptors (Lipinski definition) is 3. The first-order valence-electron chi connectivity index (χ1n) is 5.97. The van der Waals surface area contributed by atoms with Crippen LogP contribution in [0.5, 0.6) is 0 Å². The Labute approximate surface area is 113 Å². The van der Waals surface area contributed by atoms with Crippen LogP contribution in [0.1, 0.15) is 43.6 Å². The largest absolute Gasteiger partial charge is 0.478 e. The van der Waals surface area contributed by atoms with E-state index in [-0.39, 0.29) is 10.5 Å². The molecule has 0 aliphatic heterocycles. The second kappa shape index (κ2) is 5.30. The van der Waals surface area contributed by atoms with E-state index in [1.807, 2.05) is 6.92 Å². The van der Waals surface area contributed by atoms with Crippen molar-refractivity contribution in [2.75, 3.05) is 0 Å². The summed E-state index contributed by atoms with van der Waals surface area (Å²) >= 11 is 0. The van der Waals surface area contributed by atoms with E-state index in [9.17, 15) is 13.2 Å². The Balaban J connectivity index is 3.39. The first kappa shape index (κ1) is 15.7. The molecule has 0 spiro atoms. The zero-order chi connectivity index (χ0) is 14.8. The van der Waals surface area contributed by atoms with Gasteiger partial charge in [-0.15, -0.1) is 0 Å². The van der Waals surface area contributed by atoms with Crippen LogP contribution >= 0.6 is 0 Å². The number of carboxylic acids is 1. The number of nitrogens with one attached hydrogen (secondary N) is 1. The first-order chi connectivity index (χ1) is 8.57. The van der Waals surface area contributed by atoms with E-state index < -0.39 is 21.5 Å². The lowest BCUT2D eigenvalue weighted by molar-refractivity contribution is 0.0696. The number of benzene rings is 1. The van der Waals surface area contributed by atoms with Gasteiger partial charge in [0.1, 0.15) is 0 Å². The molecule has 1 rings (SSSR count). The minimum absolute atomic E-state index is 0.0322. The van der Waals surface area contributed by atoms with E-state index in [1.165, 1.54) is 12.1 Å². The molecule has 0 aromatic heterocycles. The van der Waals surface area contributed by atoms with Gasteiger partial charge in [0.05, 0.1) is 10.5 Å². The summed E-state index contributed by atoms with van der Waals surface area (Å²) in [5.41, 5.74) is -0.0588. The van der Waals surface area contributed by atoms with Crippen molar-refractivity contribution in [1.82, 2.24) is 4.72 Å². The normalized spacial score (nSPS) is 12.4. The Kier molecular flexibility index (Phi) is 4.37. The zero-order valence-corrected chi connectivity index (χ0v) is 12.3. The fraction of sp³-hybridized carbons (Fsp3) is 0.462. The summed E-state index contributed by atoms with van der Waals surface area (Å²) in [6.45, 7) is 7.03. The first-order valence-corrected chi connectivity index (χ1v) is 7.45. The lowest BCUT2D eigenvalue weighted by Gasteiger charge is -2.21. The molecule has 0 amide bonds. The molecule has 1 aromatic carbocycles. The SMILES string of the molecule is CCc1ccc(C(=O)O)cc1S(=O)(=O)NC(C)(C)C. The van der Waals surface area contributed by atoms with Crippen LogP contribution in [0.3, 0.4) is 0 Å². The number of aromatic carboxylic acids is 1. The van der Waals surface area contributed by atoms with Crippen LogP contribution in [0.25, 0.3) is 0 Å². The van der Waals surface area contributed by atoms with Crippen LogP contribution < -0.4 is 4.72 Å². The van der Waals surface area contributed by atoms with Crippen LogP contribution in [0, 0.1) is 0 Å². The summed E-state index contributed by atoms with van der Waals surface area (Å²) in [7, 11) is -3.73. The second-order valence-corrected chi connectivity index (χ2v) is 6.99. The fourth-order valence-corrected chi connectivity index (χ4v) is 3.44. The predicted octanol–water partition coefficient (Wildman–Crippen LogP) is 2.02. The summed E-state index contributed by atoms with van der Waals surface area (Å²) in [6, 6.07) is 4.16. The quantitative estimate of drug-likeness (QED) is 0.886. The molecule has 2 N–H and O–H groups in total. The van der Waals surface area contributed by atoms with E-state index in [0.717, 1.165) is 0 Å². The number of sulfonamides is 1. The Morgan fingerprint density at radius 2 is 1.89 bits per heavy atom. The number of rotatable bonds is 4. The van der Waals surface area contributed by atoms with Crippen LogP contribution in [-0.4, -0.2) is 25.0 Å². The van der Waals surface area contributed by atoms with Gasteiger partial charge in [-0.3, -0.25) is 0 Å². The second-order valence-electron chi connectivity index (χ2n) is 5.34. The smallest absolute Gasteiger partial charge is 0.335 e. The Bertz CT molecular complexity index is 585. The third kappa shape index (κ3) is 4.04. The molecule has 106 valence electrons. The van der Waals surface area contributed by atoms with Gasteiger partial charge in [0.2, 0.25) is 10.0 Å². The minimum atomic E-state index is -3.73. The summed E-state index contributed by atoms with van der Waals surface area (Å²) < 4.78 is 27.1. The van der Waals surface area contributed by atoms with Gasteiger partial charge in [0, 0.05) is 5.54 Å². The summed E-state index contributed by atoms with van der Waals surface area (Å²) in [4.78, 5) is 11.0. The van der Waals surface area contributed by atoms with E-state index >= 15 is 0 Å². The standard InChI is InChI=1S/C13H19NO4S/c1-5-9-6-7-10(12(15)16)8-11(9)19(17,18)14-13(2,3)4/h6-8,14H,5H2,1-4H3,(H,15,16). The van der Waals surface area contributed by atoms with Crippen LogP contribution in [0.15, 0.2) is 23.1 Å². The number of hydrogen-bond donors (Lipinski definition) is 2. The van der Waals surface area contributed by atoms with E-state index in [4.69, 9.17) is 5.11 Å². The molecule has 0 aliphatic carbocycles. The highest BCUT2D eigenvalue weighted by molar-refractivity contribution is 7.89. The molecule has 0 bridgehead atoms. The van der Waals surface area contributed by atoms with Crippen molar-refractivity contribution in [3.05, 3.63) is 29.3 Å². The molecule has 0 saturated heterocycles. The summed E-state index contributed by atoms with van der Waals surface area (Å²) in [5, 5.41) is 8.96. The summed E-state index contributed by atoms with van der Waals surface area (Å²) in [5.74, 6) is -1.14. The molecular formula is C13H19NO4S. The van der Waals surface area contributed by atoms with E-state index in [1.54, 1.807) is 26.8 Å². The molecule has 0 aliphatic rings. The van der Waals surface area contributed by atoms with Gasteiger partial charge in [-0.05, 0) is 44.9 Å². The van der Waals surface area contributed by atoms with Gasteiger partial charge in [-0.2, -0.15) is 0 Å². The van der Waals surface area contributed by atoms with E-state index in [0.29, 0.717) is 12.0 Å².